The zero-order chi connectivity index (χ0) is 13.1. The lowest BCUT2D eigenvalue weighted by Gasteiger charge is -2.12. The molecule has 0 aliphatic carbocycles. The van der Waals surface area contributed by atoms with Gasteiger partial charge in [-0.3, -0.25) is 0 Å². The Hall–Kier alpha value is -1.18. The topological polar surface area (TPSA) is 9.23 Å². The minimum Gasteiger partial charge on any atom is -0.457 e. The van der Waals surface area contributed by atoms with Crippen molar-refractivity contribution in [2.75, 3.05) is 0 Å². The fraction of sp³-hybridized carbons (Fsp3) is 0.200. The summed E-state index contributed by atoms with van der Waals surface area (Å²) < 4.78 is 5.92. The molecule has 0 heterocycles. The van der Waals surface area contributed by atoms with Gasteiger partial charge in [-0.05, 0) is 49.2 Å². The molecule has 0 atom stereocenters. The van der Waals surface area contributed by atoms with Gasteiger partial charge in [-0.1, -0.05) is 23.7 Å². The Kier molecular flexibility index (Phi) is 4.15. The van der Waals surface area contributed by atoms with Crippen LogP contribution < -0.4 is 4.74 Å². The summed E-state index contributed by atoms with van der Waals surface area (Å²) in [6, 6.07) is 11.6. The van der Waals surface area contributed by atoms with Crippen LogP contribution in [-0.4, -0.2) is 0 Å². The van der Waals surface area contributed by atoms with E-state index in [1.807, 2.05) is 38.1 Å². The first-order valence-corrected chi connectivity index (χ1v) is 6.61. The van der Waals surface area contributed by atoms with E-state index in [1.54, 1.807) is 6.07 Å². The second-order valence-electron chi connectivity index (χ2n) is 4.26. The van der Waals surface area contributed by atoms with Gasteiger partial charge in [-0.2, -0.15) is 0 Å². The highest BCUT2D eigenvalue weighted by Gasteiger charge is 2.07. The van der Waals surface area contributed by atoms with Crippen molar-refractivity contribution in [3.05, 3.63) is 58.1 Å². The van der Waals surface area contributed by atoms with Gasteiger partial charge in [0.25, 0.3) is 0 Å². The van der Waals surface area contributed by atoms with Crippen molar-refractivity contribution >= 4 is 23.2 Å². The molecule has 0 aliphatic heterocycles. The van der Waals surface area contributed by atoms with E-state index in [-0.39, 0.29) is 0 Å². The first-order chi connectivity index (χ1) is 8.60. The zero-order valence-corrected chi connectivity index (χ0v) is 11.8. The summed E-state index contributed by atoms with van der Waals surface area (Å²) >= 11 is 11.8. The van der Waals surface area contributed by atoms with Crippen LogP contribution >= 0.6 is 23.2 Å². The van der Waals surface area contributed by atoms with E-state index in [1.165, 1.54) is 0 Å². The van der Waals surface area contributed by atoms with Crippen LogP contribution in [0.3, 0.4) is 0 Å². The van der Waals surface area contributed by atoms with Crippen molar-refractivity contribution in [3.8, 4) is 11.5 Å². The van der Waals surface area contributed by atoms with Crippen LogP contribution in [0.1, 0.15) is 16.7 Å². The highest BCUT2D eigenvalue weighted by Crippen LogP contribution is 2.31. The van der Waals surface area contributed by atoms with E-state index in [4.69, 9.17) is 27.9 Å². The molecule has 0 aromatic heterocycles. The van der Waals surface area contributed by atoms with Crippen LogP contribution in [-0.2, 0) is 5.88 Å². The third-order valence-corrected chi connectivity index (χ3v) is 3.25. The molecule has 0 fully saturated rings. The molecule has 2 aromatic rings. The van der Waals surface area contributed by atoms with Crippen LogP contribution in [0, 0.1) is 13.8 Å². The molecule has 0 spiro atoms. The highest BCUT2D eigenvalue weighted by molar-refractivity contribution is 6.30. The molecular formula is C15H14Cl2O. The smallest absolute Gasteiger partial charge is 0.131 e. The number of hydrogen-bond donors (Lipinski definition) is 0. The summed E-state index contributed by atoms with van der Waals surface area (Å²) in [7, 11) is 0. The third-order valence-electron chi connectivity index (χ3n) is 2.73. The summed E-state index contributed by atoms with van der Waals surface area (Å²) in [6.45, 7) is 4.06. The fourth-order valence-corrected chi connectivity index (χ4v) is 2.09. The average Bonchev–Trinajstić information content (AvgIpc) is 2.36. The van der Waals surface area contributed by atoms with E-state index < -0.39 is 0 Å². The molecule has 0 saturated carbocycles. The van der Waals surface area contributed by atoms with Crippen LogP contribution in [0.2, 0.25) is 5.02 Å². The van der Waals surface area contributed by atoms with Crippen LogP contribution in [0.4, 0.5) is 0 Å². The first kappa shape index (κ1) is 13.3. The van der Waals surface area contributed by atoms with Gasteiger partial charge in [0.05, 0.1) is 5.88 Å². The number of hydrogen-bond acceptors (Lipinski definition) is 1. The Balaban J connectivity index is 2.36. The molecule has 0 radical (unpaired) electrons. The molecule has 0 saturated heterocycles. The zero-order valence-electron chi connectivity index (χ0n) is 10.3. The van der Waals surface area contributed by atoms with Gasteiger partial charge in [0.15, 0.2) is 0 Å². The van der Waals surface area contributed by atoms with Gasteiger partial charge in [0.2, 0.25) is 0 Å². The third kappa shape index (κ3) is 2.98. The lowest BCUT2D eigenvalue weighted by Crippen LogP contribution is -1.92. The maximum Gasteiger partial charge on any atom is 0.131 e. The van der Waals surface area contributed by atoms with Crippen molar-refractivity contribution in [2.45, 2.75) is 19.7 Å². The van der Waals surface area contributed by atoms with Gasteiger partial charge in [0.1, 0.15) is 11.5 Å². The maximum absolute atomic E-state index is 5.94. The molecule has 18 heavy (non-hydrogen) atoms. The number of alkyl halides is 1. The molecular weight excluding hydrogens is 267 g/mol. The minimum absolute atomic E-state index is 0.376. The van der Waals surface area contributed by atoms with E-state index in [9.17, 15) is 0 Å². The molecule has 0 N–H and O–H groups in total. The van der Waals surface area contributed by atoms with E-state index in [2.05, 4.69) is 6.07 Å². The molecule has 0 unspecified atom stereocenters. The Bertz CT molecular complexity index is 564. The summed E-state index contributed by atoms with van der Waals surface area (Å²) in [6.07, 6.45) is 0. The van der Waals surface area contributed by atoms with E-state index in [0.29, 0.717) is 10.9 Å². The predicted octanol–water partition coefficient (Wildman–Crippen LogP) is 5.49. The predicted molar refractivity (Wildman–Crippen MR) is 77.0 cm³/mol. The number of ether oxygens (including phenoxy) is 1. The average molecular weight is 281 g/mol. The maximum atomic E-state index is 5.94. The molecule has 2 aromatic carbocycles. The molecule has 0 aliphatic rings. The van der Waals surface area contributed by atoms with Crippen molar-refractivity contribution < 1.29 is 4.74 Å². The number of rotatable bonds is 3. The number of benzene rings is 2. The first-order valence-electron chi connectivity index (χ1n) is 5.69. The Morgan fingerprint density at radius 1 is 1.00 bits per heavy atom. The summed E-state index contributed by atoms with van der Waals surface area (Å²) in [5.74, 6) is 1.98. The normalized spacial score (nSPS) is 10.4. The quantitative estimate of drug-likeness (QED) is 0.676. The van der Waals surface area contributed by atoms with Crippen molar-refractivity contribution in [1.82, 2.24) is 0 Å². The molecule has 0 bridgehead atoms. The van der Waals surface area contributed by atoms with Gasteiger partial charge in [0, 0.05) is 10.6 Å². The Labute approximate surface area is 117 Å². The summed E-state index contributed by atoms with van der Waals surface area (Å²) in [5.41, 5.74) is 3.15. The molecule has 2 rings (SSSR count). The number of aryl methyl sites for hydroxylation is 2. The molecule has 1 nitrogen and oxygen atoms in total. The van der Waals surface area contributed by atoms with Crippen molar-refractivity contribution in [1.29, 1.82) is 0 Å². The minimum atomic E-state index is 0.376. The van der Waals surface area contributed by atoms with E-state index in [0.717, 1.165) is 28.2 Å². The van der Waals surface area contributed by atoms with Crippen LogP contribution in [0.25, 0.3) is 0 Å². The van der Waals surface area contributed by atoms with Crippen LogP contribution in [0.5, 0.6) is 11.5 Å². The SMILES string of the molecule is Cc1ccc(C)c(Oc2ccc(Cl)cc2CCl)c1. The standard InChI is InChI=1S/C15H14Cl2O/c1-10-3-4-11(2)15(7-10)18-14-6-5-13(17)8-12(14)9-16/h3-8H,9H2,1-2H3. The van der Waals surface area contributed by atoms with Gasteiger partial charge < -0.3 is 4.74 Å². The summed E-state index contributed by atoms with van der Waals surface area (Å²) in [4.78, 5) is 0. The van der Waals surface area contributed by atoms with Gasteiger partial charge >= 0.3 is 0 Å². The van der Waals surface area contributed by atoms with Gasteiger partial charge in [-0.25, -0.2) is 0 Å². The lowest BCUT2D eigenvalue weighted by atomic mass is 10.1. The molecule has 3 heteroatoms. The van der Waals surface area contributed by atoms with Gasteiger partial charge in [-0.15, -0.1) is 11.6 Å². The Morgan fingerprint density at radius 2 is 1.78 bits per heavy atom. The van der Waals surface area contributed by atoms with Crippen molar-refractivity contribution in [3.63, 3.8) is 0 Å². The largest absolute Gasteiger partial charge is 0.457 e. The van der Waals surface area contributed by atoms with E-state index >= 15 is 0 Å². The monoisotopic (exact) mass is 280 g/mol. The second-order valence-corrected chi connectivity index (χ2v) is 4.96. The molecule has 94 valence electrons. The fourth-order valence-electron chi connectivity index (χ4n) is 1.69. The highest BCUT2D eigenvalue weighted by atomic mass is 35.5. The Morgan fingerprint density at radius 3 is 2.50 bits per heavy atom. The second kappa shape index (κ2) is 5.64. The lowest BCUT2D eigenvalue weighted by molar-refractivity contribution is 0.474. The number of halogens is 2. The van der Waals surface area contributed by atoms with Crippen LogP contribution in [0.15, 0.2) is 36.4 Å². The summed E-state index contributed by atoms with van der Waals surface area (Å²) in [5, 5.41) is 0.666. The molecule has 0 amide bonds. The van der Waals surface area contributed by atoms with Crippen molar-refractivity contribution in [2.24, 2.45) is 0 Å².